The predicted molar refractivity (Wildman–Crippen MR) is 111 cm³/mol. The number of hydrogen-bond donors (Lipinski definition) is 1. The molecule has 0 saturated heterocycles. The first-order valence-electron chi connectivity index (χ1n) is 7.96. The van der Waals surface area contributed by atoms with Crippen LogP contribution >= 0.6 is 24.8 Å². The molecule has 1 aromatic heterocycles. The van der Waals surface area contributed by atoms with Crippen molar-refractivity contribution in [1.82, 2.24) is 4.98 Å². The van der Waals surface area contributed by atoms with E-state index in [2.05, 4.69) is 89.8 Å². The van der Waals surface area contributed by atoms with Crippen molar-refractivity contribution in [1.29, 1.82) is 0 Å². The van der Waals surface area contributed by atoms with Gasteiger partial charge in [0.2, 0.25) is 0 Å². The number of fused-ring (bicyclic) bond motifs is 1. The number of benzene rings is 1. The molecule has 0 radical (unpaired) electrons. The summed E-state index contributed by atoms with van der Waals surface area (Å²) in [7, 11) is 0. The van der Waals surface area contributed by atoms with E-state index < -0.39 is 12.9 Å². The Labute approximate surface area is 144 Å². The van der Waals surface area contributed by atoms with E-state index in [4.69, 9.17) is 0 Å². The van der Waals surface area contributed by atoms with Gasteiger partial charge in [0.15, 0.2) is 0 Å². The quantitative estimate of drug-likeness (QED) is 0.595. The third-order valence-corrected chi connectivity index (χ3v) is 30.7. The number of aromatic amines is 1. The van der Waals surface area contributed by atoms with Crippen molar-refractivity contribution < 1.29 is 12.9 Å². The van der Waals surface area contributed by atoms with E-state index in [-0.39, 0.29) is 24.8 Å². The molecule has 1 aromatic carbocycles. The van der Waals surface area contributed by atoms with Gasteiger partial charge in [-0.15, -0.1) is 24.8 Å². The maximum absolute atomic E-state index is 4.66. The number of halogens is 2. The fourth-order valence-electron chi connectivity index (χ4n) is 4.29. The van der Waals surface area contributed by atoms with Gasteiger partial charge in [0.25, 0.3) is 0 Å². The van der Waals surface area contributed by atoms with Gasteiger partial charge in [0.05, 0.1) is 0 Å². The molecule has 1 N–H and O–H groups in total. The molecule has 1 unspecified atom stereocenters. The fraction of sp³-hybridized carbons (Fsp3) is 0.333. The van der Waals surface area contributed by atoms with Gasteiger partial charge in [-0.1, -0.05) is 0 Å². The Hall–Kier alpha value is -0.0800. The van der Waals surface area contributed by atoms with Crippen LogP contribution in [0.1, 0.15) is 14.8 Å². The van der Waals surface area contributed by atoms with Crippen LogP contribution in [-0.2, 0) is 12.9 Å². The van der Waals surface area contributed by atoms with Crippen molar-refractivity contribution in [2.75, 3.05) is 0 Å². The summed E-state index contributed by atoms with van der Waals surface area (Å²) in [6.45, 7) is 2.28. The van der Waals surface area contributed by atoms with Crippen LogP contribution in [0.5, 0.6) is 0 Å². The number of allylic oxidation sites excluding steroid dienone is 1. The van der Waals surface area contributed by atoms with E-state index in [1.807, 2.05) is 0 Å². The van der Waals surface area contributed by atoms with Gasteiger partial charge in [0.1, 0.15) is 0 Å². The van der Waals surface area contributed by atoms with Gasteiger partial charge in [-0.25, -0.2) is 0 Å². The van der Waals surface area contributed by atoms with E-state index >= 15 is 0 Å². The molecular formula is C18H30Cl2NSiZr. The van der Waals surface area contributed by atoms with Crippen molar-refractivity contribution >= 4 is 41.2 Å². The second kappa shape index (κ2) is 3.85. The number of rotatable bonds is 2. The summed E-state index contributed by atoms with van der Waals surface area (Å²) in [5.41, 5.74) is 2.85. The first-order chi connectivity index (χ1) is 9.15. The van der Waals surface area contributed by atoms with Gasteiger partial charge in [0, 0.05) is 0 Å². The van der Waals surface area contributed by atoms with Crippen LogP contribution in [0.25, 0.3) is 6.08 Å². The van der Waals surface area contributed by atoms with Crippen molar-refractivity contribution in [3.8, 4) is 0 Å². The Bertz CT molecular complexity index is 928. The molecule has 1 aliphatic carbocycles. The van der Waals surface area contributed by atoms with Crippen LogP contribution in [0, 0.1) is 0 Å². The summed E-state index contributed by atoms with van der Waals surface area (Å²) in [4.78, 5) is 3.60. The monoisotopic (exact) mass is 448 g/mol. The van der Waals surface area contributed by atoms with Crippen molar-refractivity contribution in [3.63, 3.8) is 0 Å². The number of nitrogens with one attached hydrogen (secondary N) is 1. The minimum atomic E-state index is -4.66. The van der Waals surface area contributed by atoms with Crippen LogP contribution in [0.4, 0.5) is 0 Å². The molecule has 23 heavy (non-hydrogen) atoms. The van der Waals surface area contributed by atoms with E-state index in [0.717, 1.165) is 0 Å². The molecule has 1 heterocycles. The first kappa shape index (κ1) is 21.0. The molecule has 129 valence electrons. The summed E-state index contributed by atoms with van der Waals surface area (Å²) in [5.74, 6) is 0. The van der Waals surface area contributed by atoms with Gasteiger partial charge in [-0.05, 0) is 0 Å². The van der Waals surface area contributed by atoms with Gasteiger partial charge < -0.3 is 0 Å². The second-order valence-corrected chi connectivity index (χ2v) is 90.9. The molecule has 0 bridgehead atoms. The Morgan fingerprint density at radius 2 is 1.52 bits per heavy atom. The molecule has 2 aromatic rings. The van der Waals surface area contributed by atoms with E-state index in [1.54, 1.807) is 0 Å². The zero-order valence-corrected chi connectivity index (χ0v) is 20.3. The molecule has 0 spiro atoms. The second-order valence-electron chi connectivity index (χ2n) is 13.5. The number of hydrogen-bond acceptors (Lipinski definition) is 0. The summed E-state index contributed by atoms with van der Waals surface area (Å²) >= 11 is -4.66. The van der Waals surface area contributed by atoms with Crippen LogP contribution < -0.4 is 3.40 Å². The Kier molecular flexibility index (Phi) is 3.51. The minimum absolute atomic E-state index is 0. The summed E-state index contributed by atoms with van der Waals surface area (Å²) < 4.78 is 14.7. The molecule has 0 saturated carbocycles. The van der Waals surface area contributed by atoms with E-state index in [9.17, 15) is 0 Å². The molecule has 0 aliphatic heterocycles. The molecular weight excluding hydrogens is 420 g/mol. The van der Waals surface area contributed by atoms with E-state index in [0.29, 0.717) is 3.63 Å². The molecule has 5 heteroatoms. The zero-order chi connectivity index (χ0) is 15.7. The van der Waals surface area contributed by atoms with Crippen molar-refractivity contribution in [2.45, 2.75) is 26.8 Å². The maximum atomic E-state index is 3.60. The summed E-state index contributed by atoms with van der Waals surface area (Å²) in [6.07, 6.45) is 6.83. The SMILES string of the molecule is Cl.Cl.[CH3][Zr]([CH3])([CH3])([CH3])([CH3])(=[SiH2])([c]1ccc[nH]1)[CH]1C=Cc2ccccc21. The predicted octanol–water partition coefficient (Wildman–Crippen LogP) is 5.34. The molecule has 1 aliphatic rings. The topological polar surface area (TPSA) is 15.8 Å². The van der Waals surface area contributed by atoms with Crippen LogP contribution in [-0.4, -0.2) is 11.9 Å². The van der Waals surface area contributed by atoms with Crippen LogP contribution in [0.3, 0.4) is 0 Å². The van der Waals surface area contributed by atoms with E-state index in [1.165, 1.54) is 14.5 Å². The van der Waals surface area contributed by atoms with Crippen molar-refractivity contribution in [3.05, 3.63) is 59.8 Å². The molecule has 3 rings (SSSR count). The number of H-pyrrole nitrogens is 1. The standard InChI is InChI=1S/C9H7.C4H4N.5CH3.2ClH.H2Si.Zr/c1-2-5-9-7-3-6-8(9)4-1;1-2-4-5-3-1;;;;;;;;;/h1-7H;1-3,5H;5*1H3;2*1H;1H2;. The third kappa shape index (κ3) is 2.88. The summed E-state index contributed by atoms with van der Waals surface area (Å²) in [5, 5.41) is 0. The summed E-state index contributed by atoms with van der Waals surface area (Å²) in [6, 6.07) is 13.3. The number of aromatic nitrogens is 1. The Morgan fingerprint density at radius 1 is 0.913 bits per heavy atom. The van der Waals surface area contributed by atoms with Crippen molar-refractivity contribution in [2.24, 2.45) is 0 Å². The average Bonchev–Trinajstić information content (AvgIpc) is 2.97. The first-order valence-corrected chi connectivity index (χ1v) is 28.8. The van der Waals surface area contributed by atoms with Crippen LogP contribution in [0.15, 0.2) is 48.7 Å². The Morgan fingerprint density at radius 3 is 2.09 bits per heavy atom. The van der Waals surface area contributed by atoms with Gasteiger partial charge >= 0.3 is 121 Å². The third-order valence-electron chi connectivity index (χ3n) is 6.02. The van der Waals surface area contributed by atoms with Gasteiger partial charge in [-0.2, -0.15) is 0 Å². The average molecular weight is 451 g/mol. The van der Waals surface area contributed by atoms with Crippen LogP contribution in [0.2, 0.25) is 23.2 Å². The molecule has 1 nitrogen and oxygen atoms in total. The fourth-order valence-corrected chi connectivity index (χ4v) is 22.3. The molecule has 0 amide bonds. The zero-order valence-electron chi connectivity index (χ0n) is 14.8. The molecule has 1 atom stereocenters. The normalized spacial score (nSPS) is 23.1. The van der Waals surface area contributed by atoms with Gasteiger partial charge in [-0.3, -0.25) is 0 Å². The Balaban J connectivity index is 0.00000132. The molecule has 0 fully saturated rings.